The number of pyridine rings is 2. The van der Waals surface area contributed by atoms with Crippen LogP contribution >= 0.6 is 0 Å². The lowest BCUT2D eigenvalue weighted by molar-refractivity contribution is -0.137. The van der Waals surface area contributed by atoms with Crippen molar-refractivity contribution in [3.63, 3.8) is 0 Å². The Bertz CT molecular complexity index is 881. The molecule has 0 bridgehead atoms. The van der Waals surface area contributed by atoms with Gasteiger partial charge in [0.05, 0.1) is 16.6 Å². The molecule has 3 aromatic rings. The summed E-state index contributed by atoms with van der Waals surface area (Å²) >= 11 is 0. The second kappa shape index (κ2) is 4.06. The summed E-state index contributed by atoms with van der Waals surface area (Å²) in [7, 11) is 1.52. The lowest BCUT2D eigenvalue weighted by atomic mass is 10.1. The van der Waals surface area contributed by atoms with E-state index in [0.29, 0.717) is 16.4 Å². The summed E-state index contributed by atoms with van der Waals surface area (Å²) in [5.41, 5.74) is -0.202. The van der Waals surface area contributed by atoms with E-state index in [2.05, 4.69) is 4.98 Å². The number of alkyl halides is 3. The van der Waals surface area contributed by atoms with Gasteiger partial charge in [0.1, 0.15) is 0 Å². The highest BCUT2D eigenvalue weighted by Gasteiger charge is 2.31. The first-order valence-electron chi connectivity index (χ1n) is 5.84. The van der Waals surface area contributed by atoms with Crippen LogP contribution in [-0.4, -0.2) is 9.55 Å². The minimum Gasteiger partial charge on any atom is -0.309 e. The van der Waals surface area contributed by atoms with Crippen molar-refractivity contribution in [2.24, 2.45) is 7.05 Å². The molecule has 3 nitrogen and oxygen atoms in total. The highest BCUT2D eigenvalue weighted by Crippen LogP contribution is 2.31. The second-order valence-corrected chi connectivity index (χ2v) is 4.49. The molecule has 0 saturated carbocycles. The van der Waals surface area contributed by atoms with E-state index in [-0.39, 0.29) is 5.39 Å². The third-order valence-corrected chi connectivity index (χ3v) is 3.28. The smallest absolute Gasteiger partial charge is 0.309 e. The van der Waals surface area contributed by atoms with Crippen molar-refractivity contribution in [1.29, 1.82) is 0 Å². The van der Waals surface area contributed by atoms with Gasteiger partial charge in [0.2, 0.25) is 0 Å². The zero-order valence-electron chi connectivity index (χ0n) is 10.4. The predicted octanol–water partition coefficient (Wildman–Crippen LogP) is 3.11. The largest absolute Gasteiger partial charge is 0.416 e. The molecule has 0 aliphatic carbocycles. The van der Waals surface area contributed by atoms with Crippen LogP contribution in [0.5, 0.6) is 0 Å². The minimum absolute atomic E-state index is 0.0218. The van der Waals surface area contributed by atoms with E-state index in [1.54, 1.807) is 18.3 Å². The fourth-order valence-corrected chi connectivity index (χ4v) is 2.27. The third-order valence-electron chi connectivity index (χ3n) is 3.28. The van der Waals surface area contributed by atoms with Crippen molar-refractivity contribution in [3.8, 4) is 0 Å². The zero-order chi connectivity index (χ0) is 14.5. The average Bonchev–Trinajstić information content (AvgIpc) is 2.43. The molecule has 3 rings (SSSR count). The lowest BCUT2D eigenvalue weighted by Crippen LogP contribution is -2.18. The van der Waals surface area contributed by atoms with Gasteiger partial charge in [-0.15, -0.1) is 0 Å². The Kier molecular flexibility index (Phi) is 2.57. The van der Waals surface area contributed by atoms with Gasteiger partial charge < -0.3 is 4.57 Å². The number of nitrogens with zero attached hydrogens (tertiary/aromatic N) is 2. The summed E-state index contributed by atoms with van der Waals surface area (Å²) in [5.74, 6) is 0. The standard InChI is InChI=1S/C14H9F3N2O/c1-19-11-3-2-6-18-12(11)9-5-4-8(14(15,16)17)7-10(9)13(19)20/h2-7H,1H3. The summed E-state index contributed by atoms with van der Waals surface area (Å²) in [4.78, 5) is 16.4. The van der Waals surface area contributed by atoms with E-state index in [0.717, 1.165) is 12.1 Å². The van der Waals surface area contributed by atoms with Crippen molar-refractivity contribution in [2.45, 2.75) is 6.18 Å². The molecule has 2 aromatic heterocycles. The molecule has 0 unspecified atom stereocenters. The van der Waals surface area contributed by atoms with E-state index < -0.39 is 17.3 Å². The Morgan fingerprint density at radius 3 is 2.60 bits per heavy atom. The summed E-state index contributed by atoms with van der Waals surface area (Å²) in [6.07, 6.45) is -2.93. The van der Waals surface area contributed by atoms with Crippen LogP contribution in [0.4, 0.5) is 13.2 Å². The van der Waals surface area contributed by atoms with E-state index in [9.17, 15) is 18.0 Å². The van der Waals surface area contributed by atoms with Gasteiger partial charge in [-0.2, -0.15) is 13.2 Å². The molecule has 0 aliphatic rings. The third kappa shape index (κ3) is 1.76. The van der Waals surface area contributed by atoms with Crippen molar-refractivity contribution in [1.82, 2.24) is 9.55 Å². The average molecular weight is 278 g/mol. The quantitative estimate of drug-likeness (QED) is 0.592. The molecule has 0 N–H and O–H groups in total. The molecule has 2 heterocycles. The topological polar surface area (TPSA) is 34.9 Å². The molecule has 102 valence electrons. The summed E-state index contributed by atoms with van der Waals surface area (Å²) < 4.78 is 39.5. The number of halogens is 3. The van der Waals surface area contributed by atoms with Gasteiger partial charge in [-0.3, -0.25) is 9.78 Å². The fraction of sp³-hybridized carbons (Fsp3) is 0.143. The predicted molar refractivity (Wildman–Crippen MR) is 69.5 cm³/mol. The van der Waals surface area contributed by atoms with Gasteiger partial charge >= 0.3 is 6.18 Å². The van der Waals surface area contributed by atoms with Crippen LogP contribution in [-0.2, 0) is 13.2 Å². The molecular formula is C14H9F3N2O. The van der Waals surface area contributed by atoms with Crippen LogP contribution in [0.3, 0.4) is 0 Å². The van der Waals surface area contributed by atoms with Crippen molar-refractivity contribution >= 4 is 21.8 Å². The molecule has 0 atom stereocenters. The molecule has 0 radical (unpaired) electrons. The number of benzene rings is 1. The van der Waals surface area contributed by atoms with Gasteiger partial charge in [-0.1, -0.05) is 6.07 Å². The van der Waals surface area contributed by atoms with Crippen molar-refractivity contribution in [3.05, 3.63) is 52.4 Å². The van der Waals surface area contributed by atoms with Crippen molar-refractivity contribution < 1.29 is 13.2 Å². The number of aryl methyl sites for hydroxylation is 1. The zero-order valence-corrected chi connectivity index (χ0v) is 10.4. The van der Waals surface area contributed by atoms with Crippen LogP contribution in [0.2, 0.25) is 0 Å². The van der Waals surface area contributed by atoms with E-state index >= 15 is 0 Å². The monoisotopic (exact) mass is 278 g/mol. The maximum Gasteiger partial charge on any atom is 0.416 e. The van der Waals surface area contributed by atoms with Gasteiger partial charge in [0, 0.05) is 24.0 Å². The summed E-state index contributed by atoms with van der Waals surface area (Å²) in [6.45, 7) is 0. The van der Waals surface area contributed by atoms with E-state index in [1.807, 2.05) is 0 Å². The molecular weight excluding hydrogens is 269 g/mol. The Hall–Kier alpha value is -2.37. The molecule has 0 aliphatic heterocycles. The number of hydrogen-bond donors (Lipinski definition) is 0. The number of fused-ring (bicyclic) bond motifs is 3. The second-order valence-electron chi connectivity index (χ2n) is 4.49. The van der Waals surface area contributed by atoms with E-state index in [1.165, 1.54) is 17.7 Å². The first-order valence-corrected chi connectivity index (χ1v) is 5.84. The van der Waals surface area contributed by atoms with Crippen LogP contribution in [0.25, 0.3) is 21.8 Å². The maximum atomic E-state index is 12.7. The van der Waals surface area contributed by atoms with Crippen LogP contribution in [0.1, 0.15) is 5.56 Å². The van der Waals surface area contributed by atoms with Crippen LogP contribution in [0.15, 0.2) is 41.3 Å². The first-order chi connectivity index (χ1) is 9.39. The Balaban J connectivity index is 2.52. The molecule has 0 spiro atoms. The molecule has 0 fully saturated rings. The van der Waals surface area contributed by atoms with Crippen molar-refractivity contribution in [2.75, 3.05) is 0 Å². The Labute approximate surface area is 111 Å². The number of hydrogen-bond acceptors (Lipinski definition) is 2. The molecule has 20 heavy (non-hydrogen) atoms. The maximum absolute atomic E-state index is 12.7. The molecule has 1 aromatic carbocycles. The van der Waals surface area contributed by atoms with Gasteiger partial charge in [0.15, 0.2) is 0 Å². The molecule has 0 amide bonds. The molecule has 0 saturated heterocycles. The lowest BCUT2D eigenvalue weighted by Gasteiger charge is -2.11. The molecule has 6 heteroatoms. The van der Waals surface area contributed by atoms with Crippen LogP contribution < -0.4 is 5.56 Å². The minimum atomic E-state index is -4.47. The highest BCUT2D eigenvalue weighted by atomic mass is 19.4. The van der Waals surface area contributed by atoms with Gasteiger partial charge in [-0.05, 0) is 24.3 Å². The SMILES string of the molecule is Cn1c(=O)c2cc(C(F)(F)F)ccc2c2ncccc21. The van der Waals surface area contributed by atoms with Gasteiger partial charge in [-0.25, -0.2) is 0 Å². The summed E-state index contributed by atoms with van der Waals surface area (Å²) in [6, 6.07) is 6.54. The van der Waals surface area contributed by atoms with Gasteiger partial charge in [0.25, 0.3) is 5.56 Å². The number of rotatable bonds is 0. The number of aromatic nitrogens is 2. The Morgan fingerprint density at radius 1 is 1.15 bits per heavy atom. The summed E-state index contributed by atoms with van der Waals surface area (Å²) in [5, 5.41) is 0.449. The van der Waals surface area contributed by atoms with Crippen LogP contribution in [0, 0.1) is 0 Å². The fourth-order valence-electron chi connectivity index (χ4n) is 2.27. The normalized spacial score (nSPS) is 12.2. The van der Waals surface area contributed by atoms with E-state index in [4.69, 9.17) is 0 Å². The first kappa shape index (κ1) is 12.7. The highest BCUT2D eigenvalue weighted by molar-refractivity contribution is 6.03. The Morgan fingerprint density at radius 2 is 1.90 bits per heavy atom.